The van der Waals surface area contributed by atoms with E-state index in [1.165, 1.54) is 6.07 Å². The maximum atomic E-state index is 12.7. The molecular formula is C48H60N12O6S. The molecule has 19 heteroatoms. The second kappa shape index (κ2) is 27.3. The maximum absolute atomic E-state index is 12.7. The number of nitrogens with one attached hydrogen (secondary N) is 6. The van der Waals surface area contributed by atoms with Crippen LogP contribution in [0.25, 0.3) is 12.2 Å². The van der Waals surface area contributed by atoms with Gasteiger partial charge >= 0.3 is 0 Å². The highest BCUT2D eigenvalue weighted by atomic mass is 32.2. The van der Waals surface area contributed by atoms with Gasteiger partial charge in [-0.3, -0.25) is 4.55 Å². The van der Waals surface area contributed by atoms with E-state index >= 15 is 0 Å². The van der Waals surface area contributed by atoms with Crippen LogP contribution < -0.4 is 31.9 Å². The van der Waals surface area contributed by atoms with Gasteiger partial charge < -0.3 is 46.5 Å². The molecule has 6 aromatic rings. The quantitative estimate of drug-likeness (QED) is 0.0147. The third-order valence-corrected chi connectivity index (χ3v) is 10.7. The van der Waals surface area contributed by atoms with Crippen molar-refractivity contribution >= 4 is 57.4 Å². The summed E-state index contributed by atoms with van der Waals surface area (Å²) in [6.07, 6.45) is 5.85. The molecule has 0 radical (unpaired) electrons. The zero-order chi connectivity index (χ0) is 46.9. The number of nitrogens with zero attached hydrogens (tertiary/aromatic N) is 6. The van der Waals surface area contributed by atoms with E-state index in [0.29, 0.717) is 99.1 Å². The van der Waals surface area contributed by atoms with Crippen molar-refractivity contribution in [3.05, 3.63) is 137 Å². The molecule has 4 aromatic carbocycles. The van der Waals surface area contributed by atoms with Crippen LogP contribution in [0.4, 0.5) is 35.2 Å². The molecule has 0 bridgehead atoms. The Morgan fingerprint density at radius 3 is 1.70 bits per heavy atom. The van der Waals surface area contributed by atoms with Gasteiger partial charge in [0.2, 0.25) is 23.8 Å². The molecule has 0 saturated carbocycles. The number of aliphatic hydroxyl groups excluding tert-OH is 1. The minimum Gasteiger partial charge on any atom is -0.394 e. The molecule has 0 spiro atoms. The van der Waals surface area contributed by atoms with Crippen molar-refractivity contribution in [1.82, 2.24) is 40.5 Å². The summed E-state index contributed by atoms with van der Waals surface area (Å²) >= 11 is 0. The number of aliphatic hydroxyl groups is 1. The van der Waals surface area contributed by atoms with Crippen LogP contribution in [0.5, 0.6) is 0 Å². The molecule has 0 aliphatic carbocycles. The lowest BCUT2D eigenvalue weighted by atomic mass is 10.1. The summed E-state index contributed by atoms with van der Waals surface area (Å²) in [6.45, 7) is 8.37. The first kappa shape index (κ1) is 50.0. The standard InChI is InChI=1S/C48H60N12O6S/c1-2-22-49-24-25-50-26-27-52-46-56-44(58-48(60-46)54-41-12-7-4-8-13-41)35-38-19-21-39(42(33-38)67(62,63)64)20-18-36-14-16-37(17-15-36)34-43-55-45(51-23-9-29-65-31-32-66-30-28-61)59-47(57-43)53-40-10-5-3-6-11-40/h3-8,10-21,33,49-50,61H,2,9,22-32,34-35H2,1H3,(H,62,63,64)(H2,51,53,55,57,59)(H2,52,54,56,58,60)/b20-18+. The number of benzene rings is 4. The fourth-order valence-corrected chi connectivity index (χ4v) is 7.28. The molecule has 0 aliphatic heterocycles. The summed E-state index contributed by atoms with van der Waals surface area (Å²) in [4.78, 5) is 27.6. The van der Waals surface area contributed by atoms with E-state index in [1.54, 1.807) is 24.3 Å². The molecule has 0 fully saturated rings. The van der Waals surface area contributed by atoms with E-state index < -0.39 is 10.1 Å². The predicted molar refractivity (Wildman–Crippen MR) is 263 cm³/mol. The molecule has 0 unspecified atom stereocenters. The predicted octanol–water partition coefficient (Wildman–Crippen LogP) is 5.97. The molecule has 6 rings (SSSR count). The number of hydrogen-bond donors (Lipinski definition) is 8. The van der Waals surface area contributed by atoms with E-state index in [4.69, 9.17) is 14.6 Å². The van der Waals surface area contributed by atoms with E-state index in [1.807, 2.05) is 84.9 Å². The van der Waals surface area contributed by atoms with E-state index in [9.17, 15) is 13.0 Å². The van der Waals surface area contributed by atoms with Crippen molar-refractivity contribution in [2.24, 2.45) is 0 Å². The van der Waals surface area contributed by atoms with Crippen molar-refractivity contribution in [3.8, 4) is 0 Å². The van der Waals surface area contributed by atoms with Crippen LogP contribution in [0.3, 0.4) is 0 Å². The number of para-hydroxylation sites is 2. The summed E-state index contributed by atoms with van der Waals surface area (Å²) < 4.78 is 46.7. The van der Waals surface area contributed by atoms with Crippen molar-refractivity contribution in [2.75, 3.05) is 93.6 Å². The third-order valence-electron chi connectivity index (χ3n) is 9.79. The lowest BCUT2D eigenvalue weighted by Crippen LogP contribution is -2.31. The SMILES string of the molecule is CCCNCCNCCNc1nc(Cc2ccc(/C=C/c3ccc(Cc4nc(NCCCOCCOCCO)nc(Nc5ccccc5)n4)cc3)c(S(=O)(=O)O)c2)nc(Nc2ccccc2)n1. The normalized spacial score (nSPS) is 11.5. The van der Waals surface area contributed by atoms with Crippen LogP contribution in [-0.2, 0) is 32.4 Å². The summed E-state index contributed by atoms with van der Waals surface area (Å²) in [7, 11) is -4.61. The van der Waals surface area contributed by atoms with Gasteiger partial charge in [0.05, 0.1) is 26.4 Å². The fourth-order valence-electron chi connectivity index (χ4n) is 6.54. The maximum Gasteiger partial charge on any atom is 0.295 e. The minimum atomic E-state index is -4.61. The first-order valence-corrected chi connectivity index (χ1v) is 23.8. The lowest BCUT2D eigenvalue weighted by molar-refractivity contribution is 0.0331. The first-order valence-electron chi connectivity index (χ1n) is 22.4. The molecule has 0 saturated heterocycles. The minimum absolute atomic E-state index is 0.0141. The monoisotopic (exact) mass is 932 g/mol. The van der Waals surface area contributed by atoms with Gasteiger partial charge in [0.1, 0.15) is 16.5 Å². The molecule has 354 valence electrons. The summed E-state index contributed by atoms with van der Waals surface area (Å²) in [5.41, 5.74) is 4.31. The van der Waals surface area contributed by atoms with Gasteiger partial charge in [-0.1, -0.05) is 91.9 Å². The number of ether oxygens (including phenoxy) is 2. The van der Waals surface area contributed by atoms with Crippen molar-refractivity contribution in [2.45, 2.75) is 37.5 Å². The second-order valence-corrected chi connectivity index (χ2v) is 16.6. The van der Waals surface area contributed by atoms with Crippen LogP contribution in [0.2, 0.25) is 0 Å². The summed E-state index contributed by atoms with van der Waals surface area (Å²) in [5.74, 6) is 2.51. The fraction of sp³-hybridized carbons (Fsp3) is 0.333. The molecule has 8 N–H and O–H groups in total. The topological polar surface area (TPSA) is 243 Å². The Labute approximate surface area is 392 Å². The highest BCUT2D eigenvalue weighted by Crippen LogP contribution is 2.23. The Bertz CT molecular complexity index is 2540. The average Bonchev–Trinajstić information content (AvgIpc) is 3.32. The van der Waals surface area contributed by atoms with Crippen molar-refractivity contribution < 1.29 is 27.6 Å². The van der Waals surface area contributed by atoms with Crippen LogP contribution in [0, 0.1) is 0 Å². The van der Waals surface area contributed by atoms with Gasteiger partial charge in [-0.15, -0.1) is 0 Å². The Morgan fingerprint density at radius 1 is 0.567 bits per heavy atom. The van der Waals surface area contributed by atoms with Gasteiger partial charge in [0, 0.05) is 63.5 Å². The Kier molecular flexibility index (Phi) is 20.3. The molecule has 0 atom stereocenters. The number of rotatable bonds is 30. The smallest absolute Gasteiger partial charge is 0.295 e. The highest BCUT2D eigenvalue weighted by molar-refractivity contribution is 7.86. The summed E-state index contributed by atoms with van der Waals surface area (Å²) in [5, 5.41) is 28.6. The molecular weight excluding hydrogens is 873 g/mol. The van der Waals surface area contributed by atoms with Gasteiger partial charge in [0.25, 0.3) is 10.1 Å². The highest BCUT2D eigenvalue weighted by Gasteiger charge is 2.17. The molecule has 67 heavy (non-hydrogen) atoms. The first-order chi connectivity index (χ1) is 32.7. The Balaban J connectivity index is 1.11. The van der Waals surface area contributed by atoms with E-state index in [2.05, 4.69) is 68.7 Å². The zero-order valence-electron chi connectivity index (χ0n) is 37.7. The molecule has 0 aliphatic rings. The number of anilines is 6. The molecule has 2 aromatic heterocycles. The van der Waals surface area contributed by atoms with Crippen LogP contribution in [0.15, 0.2) is 108 Å². The average molecular weight is 933 g/mol. The number of aromatic nitrogens is 6. The van der Waals surface area contributed by atoms with E-state index in [0.717, 1.165) is 55.0 Å². The lowest BCUT2D eigenvalue weighted by Gasteiger charge is -2.12. The number of hydrogen-bond acceptors (Lipinski definition) is 17. The van der Waals surface area contributed by atoms with Gasteiger partial charge in [-0.05, 0) is 72.0 Å². The largest absolute Gasteiger partial charge is 0.394 e. The third kappa shape index (κ3) is 18.0. The molecule has 0 amide bonds. The van der Waals surface area contributed by atoms with Crippen LogP contribution >= 0.6 is 0 Å². The Hall–Kier alpha value is -6.45. The van der Waals surface area contributed by atoms with E-state index in [-0.39, 0.29) is 17.9 Å². The van der Waals surface area contributed by atoms with Crippen molar-refractivity contribution in [1.29, 1.82) is 0 Å². The zero-order valence-corrected chi connectivity index (χ0v) is 38.5. The molecule has 2 heterocycles. The second-order valence-electron chi connectivity index (χ2n) is 15.2. The van der Waals surface area contributed by atoms with Gasteiger partial charge in [-0.2, -0.15) is 38.3 Å². The van der Waals surface area contributed by atoms with Gasteiger partial charge in [0.15, 0.2) is 0 Å². The van der Waals surface area contributed by atoms with Gasteiger partial charge in [-0.25, -0.2) is 0 Å². The Morgan fingerprint density at radius 2 is 1.10 bits per heavy atom. The van der Waals surface area contributed by atoms with Crippen LogP contribution in [0.1, 0.15) is 53.7 Å². The summed E-state index contributed by atoms with van der Waals surface area (Å²) in [6, 6.07) is 31.8. The van der Waals surface area contributed by atoms with Crippen LogP contribution in [-0.4, -0.2) is 120 Å². The molecule has 18 nitrogen and oxygen atoms in total. The van der Waals surface area contributed by atoms with Crippen molar-refractivity contribution in [3.63, 3.8) is 0 Å².